The molecule has 8 heteroatoms. The molecule has 3 rings (SSSR count). The van der Waals surface area contributed by atoms with Crippen molar-refractivity contribution in [2.75, 3.05) is 79.2 Å². The van der Waals surface area contributed by atoms with Crippen molar-refractivity contribution in [1.29, 1.82) is 0 Å². The zero-order chi connectivity index (χ0) is 22.3. The average Bonchev–Trinajstić information content (AvgIpc) is 2.77. The van der Waals surface area contributed by atoms with Gasteiger partial charge in [0.1, 0.15) is 0 Å². The summed E-state index contributed by atoms with van der Waals surface area (Å²) in [6.07, 6.45) is 3.00. The Balaban J connectivity index is 1.50. The van der Waals surface area contributed by atoms with Gasteiger partial charge in [-0.3, -0.25) is 14.7 Å². The molecule has 2 atom stereocenters. The van der Waals surface area contributed by atoms with E-state index in [4.69, 9.17) is 14.5 Å². The molecule has 0 aromatic carbocycles. The standard InChI is InChI=1S/C23H43N5O3/c1-5-24-22(25-18-23(30-4)6-12-31-13-7-23)27-10-8-26(9-11-27)17-21(29)28-15-19(2)14-20(3)16-28/h19-20H,5-18H2,1-4H3,(H,24,25). The van der Waals surface area contributed by atoms with Crippen molar-refractivity contribution in [1.82, 2.24) is 20.0 Å². The first-order chi connectivity index (χ1) is 14.9. The van der Waals surface area contributed by atoms with Gasteiger partial charge < -0.3 is 24.6 Å². The van der Waals surface area contributed by atoms with Crippen LogP contribution in [0.25, 0.3) is 0 Å². The number of ether oxygens (including phenoxy) is 2. The quantitative estimate of drug-likeness (QED) is 0.499. The fourth-order valence-electron chi connectivity index (χ4n) is 5.09. The molecule has 2 unspecified atom stereocenters. The van der Waals surface area contributed by atoms with E-state index in [0.29, 0.717) is 24.9 Å². The molecule has 0 saturated carbocycles. The van der Waals surface area contributed by atoms with Crippen LogP contribution in [0.4, 0.5) is 0 Å². The van der Waals surface area contributed by atoms with Crippen LogP contribution in [0.5, 0.6) is 0 Å². The topological polar surface area (TPSA) is 69.6 Å². The van der Waals surface area contributed by atoms with Crippen LogP contribution in [0.2, 0.25) is 0 Å². The van der Waals surface area contributed by atoms with Crippen molar-refractivity contribution < 1.29 is 14.3 Å². The van der Waals surface area contributed by atoms with Gasteiger partial charge in [-0.15, -0.1) is 0 Å². The average molecular weight is 438 g/mol. The van der Waals surface area contributed by atoms with Crippen LogP contribution >= 0.6 is 0 Å². The number of aliphatic imine (C=N–C) groups is 1. The number of hydrogen-bond acceptors (Lipinski definition) is 5. The molecule has 8 nitrogen and oxygen atoms in total. The second kappa shape index (κ2) is 11.5. The number of hydrogen-bond donors (Lipinski definition) is 1. The largest absolute Gasteiger partial charge is 0.381 e. The lowest BCUT2D eigenvalue weighted by Crippen LogP contribution is -2.55. The number of carbonyl (C=O) groups is 1. The number of nitrogens with zero attached hydrogens (tertiary/aromatic N) is 4. The van der Waals surface area contributed by atoms with Crippen LogP contribution in [0, 0.1) is 11.8 Å². The zero-order valence-corrected chi connectivity index (χ0v) is 20.1. The number of piperidine rings is 1. The Kier molecular flexibility index (Phi) is 8.98. The molecule has 1 amide bonds. The number of methoxy groups -OCH3 is 1. The maximum atomic E-state index is 12.8. The second-order valence-electron chi connectivity index (χ2n) is 9.68. The highest BCUT2D eigenvalue weighted by atomic mass is 16.5. The van der Waals surface area contributed by atoms with Gasteiger partial charge in [-0.2, -0.15) is 0 Å². The lowest BCUT2D eigenvalue weighted by atomic mass is 9.92. The van der Waals surface area contributed by atoms with Gasteiger partial charge in [0.15, 0.2) is 5.96 Å². The fourth-order valence-corrected chi connectivity index (χ4v) is 5.09. The van der Waals surface area contributed by atoms with Crippen LogP contribution in [0.3, 0.4) is 0 Å². The highest BCUT2D eigenvalue weighted by Crippen LogP contribution is 2.25. The van der Waals surface area contributed by atoms with E-state index in [-0.39, 0.29) is 11.5 Å². The number of nitrogens with one attached hydrogen (secondary N) is 1. The minimum atomic E-state index is -0.212. The van der Waals surface area contributed by atoms with Crippen molar-refractivity contribution in [2.45, 2.75) is 45.6 Å². The third-order valence-electron chi connectivity index (χ3n) is 6.94. The summed E-state index contributed by atoms with van der Waals surface area (Å²) in [7, 11) is 1.79. The molecule has 0 aromatic heterocycles. The van der Waals surface area contributed by atoms with E-state index in [1.165, 1.54) is 6.42 Å². The molecule has 0 aromatic rings. The maximum Gasteiger partial charge on any atom is 0.236 e. The van der Waals surface area contributed by atoms with E-state index >= 15 is 0 Å². The summed E-state index contributed by atoms with van der Waals surface area (Å²) in [6.45, 7) is 15.5. The molecule has 3 saturated heterocycles. The molecular formula is C23H43N5O3. The predicted molar refractivity (Wildman–Crippen MR) is 123 cm³/mol. The summed E-state index contributed by atoms with van der Waals surface area (Å²) < 4.78 is 11.3. The van der Waals surface area contributed by atoms with Crippen LogP contribution < -0.4 is 5.32 Å². The number of amides is 1. The van der Waals surface area contributed by atoms with Crippen molar-refractivity contribution in [3.63, 3.8) is 0 Å². The number of piperazine rings is 1. The Morgan fingerprint density at radius 1 is 1.10 bits per heavy atom. The summed E-state index contributed by atoms with van der Waals surface area (Å²) in [4.78, 5) is 24.5. The van der Waals surface area contributed by atoms with Gasteiger partial charge in [0, 0.05) is 79.0 Å². The normalized spacial score (nSPS) is 27.9. The van der Waals surface area contributed by atoms with Crippen molar-refractivity contribution in [2.24, 2.45) is 16.8 Å². The van der Waals surface area contributed by atoms with Crippen molar-refractivity contribution in [3.8, 4) is 0 Å². The molecule has 0 bridgehead atoms. The van der Waals surface area contributed by atoms with Gasteiger partial charge in [0.2, 0.25) is 5.91 Å². The van der Waals surface area contributed by atoms with Gasteiger partial charge in [-0.25, -0.2) is 0 Å². The van der Waals surface area contributed by atoms with Crippen LogP contribution in [-0.2, 0) is 14.3 Å². The summed E-state index contributed by atoms with van der Waals surface area (Å²) in [5.74, 6) is 2.45. The molecule has 178 valence electrons. The van der Waals surface area contributed by atoms with Gasteiger partial charge in [0.05, 0.1) is 18.7 Å². The summed E-state index contributed by atoms with van der Waals surface area (Å²) >= 11 is 0. The number of guanidine groups is 1. The first-order valence-corrected chi connectivity index (χ1v) is 12.1. The predicted octanol–water partition coefficient (Wildman–Crippen LogP) is 1.27. The summed E-state index contributed by atoms with van der Waals surface area (Å²) in [5.41, 5.74) is -0.212. The van der Waals surface area contributed by atoms with Crippen LogP contribution in [0.1, 0.15) is 40.0 Å². The molecule has 3 heterocycles. The van der Waals surface area contributed by atoms with Gasteiger partial charge in [-0.1, -0.05) is 13.8 Å². The smallest absolute Gasteiger partial charge is 0.236 e. The molecular weight excluding hydrogens is 394 g/mol. The van der Waals surface area contributed by atoms with Crippen LogP contribution in [0.15, 0.2) is 4.99 Å². The monoisotopic (exact) mass is 437 g/mol. The SMILES string of the molecule is CCNC(=NCC1(OC)CCOCC1)N1CCN(CC(=O)N2CC(C)CC(C)C2)CC1. The first kappa shape index (κ1) is 24.3. The van der Waals surface area contributed by atoms with Crippen LogP contribution in [-0.4, -0.2) is 111 Å². The minimum Gasteiger partial charge on any atom is -0.381 e. The van der Waals surface area contributed by atoms with Crippen molar-refractivity contribution >= 4 is 11.9 Å². The molecule has 31 heavy (non-hydrogen) atoms. The van der Waals surface area contributed by atoms with E-state index in [1.54, 1.807) is 7.11 Å². The minimum absolute atomic E-state index is 0.212. The summed E-state index contributed by atoms with van der Waals surface area (Å²) in [5, 5.41) is 3.45. The first-order valence-electron chi connectivity index (χ1n) is 12.1. The molecule has 0 aliphatic carbocycles. The summed E-state index contributed by atoms with van der Waals surface area (Å²) in [6, 6.07) is 0. The Labute approximate surface area is 188 Å². The van der Waals surface area contributed by atoms with Gasteiger partial charge >= 0.3 is 0 Å². The number of likely N-dealkylation sites (tertiary alicyclic amines) is 1. The lowest BCUT2D eigenvalue weighted by molar-refractivity contribution is -0.135. The molecule has 3 aliphatic heterocycles. The Morgan fingerprint density at radius 3 is 2.32 bits per heavy atom. The third-order valence-corrected chi connectivity index (χ3v) is 6.94. The maximum absolute atomic E-state index is 12.8. The molecule has 0 spiro atoms. The fraction of sp³-hybridized carbons (Fsp3) is 0.913. The lowest BCUT2D eigenvalue weighted by Gasteiger charge is -2.39. The molecule has 0 radical (unpaired) electrons. The molecule has 3 fully saturated rings. The Hall–Kier alpha value is -1.38. The van der Waals surface area contributed by atoms with Gasteiger partial charge in [-0.05, 0) is 25.2 Å². The Morgan fingerprint density at radius 2 is 1.74 bits per heavy atom. The van der Waals surface area contributed by atoms with E-state index < -0.39 is 0 Å². The number of rotatable bonds is 6. The van der Waals surface area contributed by atoms with E-state index in [1.807, 2.05) is 0 Å². The van der Waals surface area contributed by atoms with E-state index in [9.17, 15) is 4.79 Å². The van der Waals surface area contributed by atoms with E-state index in [2.05, 4.69) is 40.8 Å². The molecule has 3 aliphatic rings. The highest BCUT2D eigenvalue weighted by molar-refractivity contribution is 5.80. The Bertz CT molecular complexity index is 590. The number of carbonyl (C=O) groups excluding carboxylic acids is 1. The second-order valence-corrected chi connectivity index (χ2v) is 9.68. The third kappa shape index (κ3) is 6.80. The zero-order valence-electron chi connectivity index (χ0n) is 20.1. The molecule has 1 N–H and O–H groups in total. The van der Waals surface area contributed by atoms with E-state index in [0.717, 1.165) is 77.8 Å². The van der Waals surface area contributed by atoms with Crippen molar-refractivity contribution in [3.05, 3.63) is 0 Å². The van der Waals surface area contributed by atoms with Gasteiger partial charge in [0.25, 0.3) is 0 Å². The highest BCUT2D eigenvalue weighted by Gasteiger charge is 2.33.